The number of nitriles is 1. The molecule has 1 fully saturated rings. The molecule has 70 valence electrons. The Morgan fingerprint density at radius 2 is 2.43 bits per heavy atom. The predicted octanol–water partition coefficient (Wildman–Crippen LogP) is 2.08. The van der Waals surface area contributed by atoms with E-state index in [0.29, 0.717) is 0 Å². The number of hydrogen-bond acceptors (Lipinski definition) is 2. The zero-order valence-electron chi connectivity index (χ0n) is 7.35. The van der Waals surface area contributed by atoms with Crippen molar-refractivity contribution in [3.63, 3.8) is 0 Å². The van der Waals surface area contributed by atoms with Gasteiger partial charge in [-0.3, -0.25) is 0 Å². The second-order valence-electron chi connectivity index (χ2n) is 3.89. The third kappa shape index (κ3) is 0.630. The molecule has 14 heavy (non-hydrogen) atoms. The van der Waals surface area contributed by atoms with E-state index in [2.05, 4.69) is 6.07 Å². The predicted molar refractivity (Wildman–Crippen MR) is 47.4 cm³/mol. The van der Waals surface area contributed by atoms with Gasteiger partial charge in [0.05, 0.1) is 23.7 Å². The third-order valence-electron chi connectivity index (χ3n) is 3.39. The van der Waals surface area contributed by atoms with Crippen LogP contribution in [-0.2, 0) is 4.74 Å². The van der Waals surface area contributed by atoms with E-state index in [4.69, 9.17) is 10.00 Å². The summed E-state index contributed by atoms with van der Waals surface area (Å²) in [5, 5.41) is 9.15. The topological polar surface area (TPSA) is 33.0 Å². The lowest BCUT2D eigenvalue weighted by molar-refractivity contribution is -0.0717. The van der Waals surface area contributed by atoms with E-state index in [1.54, 1.807) is 18.4 Å². The summed E-state index contributed by atoms with van der Waals surface area (Å²) in [6.45, 7) is 0. The fourth-order valence-corrected chi connectivity index (χ4v) is 2.68. The molecule has 1 saturated carbocycles. The Hall–Kier alpha value is -1.56. The lowest BCUT2D eigenvalue weighted by Crippen LogP contribution is -2.58. The van der Waals surface area contributed by atoms with Gasteiger partial charge in [0.15, 0.2) is 0 Å². The average molecular weight is 189 g/mol. The molecule has 3 aliphatic rings. The first-order valence-electron chi connectivity index (χ1n) is 4.58. The van der Waals surface area contributed by atoms with E-state index in [1.807, 2.05) is 6.08 Å². The van der Waals surface area contributed by atoms with Crippen molar-refractivity contribution in [3.05, 3.63) is 36.4 Å². The first-order chi connectivity index (χ1) is 6.79. The highest BCUT2D eigenvalue weighted by atomic mass is 19.1. The van der Waals surface area contributed by atoms with Crippen LogP contribution in [0.5, 0.6) is 0 Å². The SMILES string of the molecule is N#C[C@@]12C=CC=C(F)[C@@H]1[C@@H]1OC=C[C@@H]12. The number of nitrogens with zero attached hydrogens (tertiary/aromatic N) is 1. The molecule has 1 aliphatic heterocycles. The van der Waals surface area contributed by atoms with Crippen molar-refractivity contribution >= 4 is 0 Å². The van der Waals surface area contributed by atoms with Crippen LogP contribution >= 0.6 is 0 Å². The van der Waals surface area contributed by atoms with E-state index >= 15 is 0 Å². The Labute approximate surface area is 81.0 Å². The summed E-state index contributed by atoms with van der Waals surface area (Å²) in [6, 6.07) is 2.22. The van der Waals surface area contributed by atoms with Crippen LogP contribution in [0.1, 0.15) is 0 Å². The molecule has 2 nitrogen and oxygen atoms in total. The van der Waals surface area contributed by atoms with Crippen molar-refractivity contribution in [3.8, 4) is 6.07 Å². The molecule has 0 aromatic carbocycles. The van der Waals surface area contributed by atoms with E-state index in [1.165, 1.54) is 6.08 Å². The summed E-state index contributed by atoms with van der Waals surface area (Å²) >= 11 is 0. The number of ether oxygens (including phenoxy) is 1. The number of allylic oxidation sites excluding steroid dienone is 3. The summed E-state index contributed by atoms with van der Waals surface area (Å²) in [5.41, 5.74) is -0.698. The van der Waals surface area contributed by atoms with Crippen LogP contribution in [0.4, 0.5) is 4.39 Å². The van der Waals surface area contributed by atoms with E-state index < -0.39 is 11.3 Å². The van der Waals surface area contributed by atoms with Gasteiger partial charge < -0.3 is 4.74 Å². The van der Waals surface area contributed by atoms with Gasteiger partial charge in [-0.1, -0.05) is 12.2 Å². The molecule has 0 unspecified atom stereocenters. The Morgan fingerprint density at radius 1 is 1.57 bits per heavy atom. The highest BCUT2D eigenvalue weighted by Gasteiger charge is 2.65. The quantitative estimate of drug-likeness (QED) is 0.584. The van der Waals surface area contributed by atoms with Gasteiger partial charge in [0, 0.05) is 5.92 Å². The molecule has 0 amide bonds. The number of rotatable bonds is 0. The molecule has 3 rings (SSSR count). The minimum absolute atomic E-state index is 0.0215. The highest BCUT2D eigenvalue weighted by Crippen LogP contribution is 2.61. The fourth-order valence-electron chi connectivity index (χ4n) is 2.68. The lowest BCUT2D eigenvalue weighted by Gasteiger charge is -2.51. The molecule has 0 aromatic rings. The summed E-state index contributed by atoms with van der Waals surface area (Å²) in [6.07, 6.45) is 8.09. The van der Waals surface area contributed by atoms with Gasteiger partial charge >= 0.3 is 0 Å². The van der Waals surface area contributed by atoms with E-state index in [9.17, 15) is 4.39 Å². The third-order valence-corrected chi connectivity index (χ3v) is 3.39. The number of hydrogen-bond donors (Lipinski definition) is 0. The second-order valence-corrected chi connectivity index (χ2v) is 3.89. The van der Waals surface area contributed by atoms with Gasteiger partial charge in [-0.05, 0) is 12.2 Å². The zero-order chi connectivity index (χ0) is 9.76. The normalized spacial score (nSPS) is 46.9. The van der Waals surface area contributed by atoms with Gasteiger partial charge in [0.2, 0.25) is 0 Å². The van der Waals surface area contributed by atoms with Gasteiger partial charge in [-0.25, -0.2) is 4.39 Å². The minimum Gasteiger partial charge on any atom is -0.497 e. The second kappa shape index (κ2) is 2.27. The Balaban J connectivity index is 2.09. The first-order valence-corrected chi connectivity index (χ1v) is 4.58. The molecular formula is C11H8FNO. The van der Waals surface area contributed by atoms with Gasteiger partial charge in [0.1, 0.15) is 11.9 Å². The molecule has 2 aliphatic carbocycles. The van der Waals surface area contributed by atoms with Crippen LogP contribution in [0.3, 0.4) is 0 Å². The molecule has 3 heteroatoms. The summed E-state index contributed by atoms with van der Waals surface area (Å²) in [7, 11) is 0. The lowest BCUT2D eigenvalue weighted by atomic mass is 9.50. The van der Waals surface area contributed by atoms with Crippen LogP contribution in [0.15, 0.2) is 36.4 Å². The summed E-state index contributed by atoms with van der Waals surface area (Å²) < 4.78 is 18.8. The molecule has 1 heterocycles. The van der Waals surface area contributed by atoms with Crippen LogP contribution in [-0.4, -0.2) is 6.10 Å². The molecule has 0 aromatic heterocycles. The molecule has 4 atom stereocenters. The highest BCUT2D eigenvalue weighted by molar-refractivity contribution is 5.41. The minimum atomic E-state index is -0.698. The first kappa shape index (κ1) is 7.81. The Kier molecular flexibility index (Phi) is 1.27. The average Bonchev–Trinajstić information content (AvgIpc) is 2.58. The van der Waals surface area contributed by atoms with Gasteiger partial charge in [0.25, 0.3) is 0 Å². The molecule has 0 bridgehead atoms. The van der Waals surface area contributed by atoms with Crippen molar-refractivity contribution in [1.82, 2.24) is 0 Å². The van der Waals surface area contributed by atoms with E-state index in [-0.39, 0.29) is 17.8 Å². The monoisotopic (exact) mass is 189 g/mol. The largest absolute Gasteiger partial charge is 0.497 e. The van der Waals surface area contributed by atoms with Crippen molar-refractivity contribution in [1.29, 1.82) is 5.26 Å². The zero-order valence-corrected chi connectivity index (χ0v) is 7.35. The molecular weight excluding hydrogens is 181 g/mol. The molecule has 0 N–H and O–H groups in total. The van der Waals surface area contributed by atoms with Crippen molar-refractivity contribution in [2.75, 3.05) is 0 Å². The van der Waals surface area contributed by atoms with Crippen molar-refractivity contribution < 1.29 is 9.13 Å². The number of fused-ring (bicyclic) bond motifs is 4. The van der Waals surface area contributed by atoms with Gasteiger partial charge in [-0.15, -0.1) is 0 Å². The van der Waals surface area contributed by atoms with Crippen molar-refractivity contribution in [2.24, 2.45) is 17.3 Å². The molecule has 0 spiro atoms. The maximum Gasteiger partial charge on any atom is 0.117 e. The molecule has 0 radical (unpaired) electrons. The van der Waals surface area contributed by atoms with E-state index in [0.717, 1.165) is 0 Å². The van der Waals surface area contributed by atoms with Crippen LogP contribution in [0, 0.1) is 28.6 Å². The Morgan fingerprint density at radius 3 is 3.21 bits per heavy atom. The van der Waals surface area contributed by atoms with Crippen LogP contribution in [0.2, 0.25) is 0 Å². The van der Waals surface area contributed by atoms with Crippen molar-refractivity contribution in [2.45, 2.75) is 6.10 Å². The maximum atomic E-state index is 13.5. The van der Waals surface area contributed by atoms with Crippen LogP contribution in [0.25, 0.3) is 0 Å². The Bertz CT molecular complexity index is 417. The maximum absolute atomic E-state index is 13.5. The molecule has 0 saturated heterocycles. The summed E-state index contributed by atoms with van der Waals surface area (Å²) in [5.74, 6) is -0.621. The van der Waals surface area contributed by atoms with Crippen LogP contribution < -0.4 is 0 Å². The van der Waals surface area contributed by atoms with Gasteiger partial charge in [-0.2, -0.15) is 5.26 Å². The summed E-state index contributed by atoms with van der Waals surface area (Å²) in [4.78, 5) is 0. The fraction of sp³-hybridized carbons (Fsp3) is 0.364. The number of halogens is 1. The standard InChI is InChI=1S/C11H8FNO/c12-8-2-1-4-11(6-13)7-3-5-14-10(7)9(8)11/h1-5,7,9-10H/t7-,9+,10+,11+/m0/s1. The smallest absolute Gasteiger partial charge is 0.117 e.